The Morgan fingerprint density at radius 3 is 2.81 bits per heavy atom. The predicted octanol–water partition coefficient (Wildman–Crippen LogP) is -1.31. The number of aromatic nitrogens is 2. The normalized spacial score (nSPS) is 26.3. The van der Waals surface area contributed by atoms with Crippen molar-refractivity contribution in [3.8, 4) is 0 Å². The number of rotatable bonds is 8. The number of ether oxygens (including phenoxy) is 3. The number of hydrogen-bond donors (Lipinski definition) is 4. The molecule has 1 saturated heterocycles. The first kappa shape index (κ1) is 20.2. The third-order valence-electron chi connectivity index (χ3n) is 3.54. The fraction of sp³-hybridized carbons (Fsp3) is 0.462. The molecular formula is C13H19N4O8P. The van der Waals surface area contributed by atoms with Crippen LogP contribution >= 0.6 is 7.60 Å². The SMILES string of the molecule is C=NNCOC1C(OC)[C@H](n2ccc(=O)[nH]c2=O)O[C@@H]1/C=C/P(=O)(O)O. The van der Waals surface area contributed by atoms with Gasteiger partial charge in [-0.05, 0) is 6.08 Å². The Bertz CT molecular complexity index is 815. The average Bonchev–Trinajstić information content (AvgIpc) is 2.90. The van der Waals surface area contributed by atoms with Crippen LogP contribution in [0.2, 0.25) is 0 Å². The molecule has 1 aromatic rings. The Balaban J connectivity index is 2.36. The van der Waals surface area contributed by atoms with Crippen LogP contribution in [0.3, 0.4) is 0 Å². The van der Waals surface area contributed by atoms with Gasteiger partial charge >= 0.3 is 13.3 Å². The zero-order valence-electron chi connectivity index (χ0n) is 13.7. The van der Waals surface area contributed by atoms with Gasteiger partial charge in [0.15, 0.2) is 6.23 Å². The van der Waals surface area contributed by atoms with E-state index in [1.54, 1.807) is 0 Å². The molecule has 1 aliphatic rings. The maximum atomic E-state index is 12.0. The average molecular weight is 390 g/mol. The van der Waals surface area contributed by atoms with E-state index < -0.39 is 43.4 Å². The van der Waals surface area contributed by atoms with Crippen LogP contribution in [0.1, 0.15) is 6.23 Å². The van der Waals surface area contributed by atoms with Crippen molar-refractivity contribution in [1.82, 2.24) is 15.0 Å². The highest BCUT2D eigenvalue weighted by molar-refractivity contribution is 7.55. The Labute approximate surface area is 147 Å². The molecule has 1 aliphatic heterocycles. The van der Waals surface area contributed by atoms with Crippen molar-refractivity contribution in [3.05, 3.63) is 45.0 Å². The second-order valence-corrected chi connectivity index (χ2v) is 6.71. The fourth-order valence-corrected chi connectivity index (χ4v) is 2.88. The molecule has 13 heteroatoms. The van der Waals surface area contributed by atoms with Crippen molar-refractivity contribution in [2.24, 2.45) is 5.10 Å². The molecule has 2 heterocycles. The molecule has 0 aromatic carbocycles. The second kappa shape index (κ2) is 8.54. The number of nitrogens with zero attached hydrogens (tertiary/aromatic N) is 2. The Hall–Kier alpha value is -2.08. The zero-order chi connectivity index (χ0) is 19.3. The van der Waals surface area contributed by atoms with Gasteiger partial charge in [0.25, 0.3) is 5.56 Å². The molecular weight excluding hydrogens is 371 g/mol. The minimum Gasteiger partial charge on any atom is -0.374 e. The van der Waals surface area contributed by atoms with Crippen LogP contribution in [-0.2, 0) is 18.8 Å². The molecule has 0 amide bonds. The highest BCUT2D eigenvalue weighted by Crippen LogP contribution is 2.39. The largest absolute Gasteiger partial charge is 0.374 e. The topological polar surface area (TPSA) is 164 Å². The van der Waals surface area contributed by atoms with E-state index in [9.17, 15) is 14.2 Å². The fourth-order valence-electron chi connectivity index (χ4n) is 2.49. The minimum absolute atomic E-state index is 0.0785. The number of hydrazone groups is 1. The number of methoxy groups -OCH3 is 1. The molecule has 0 aliphatic carbocycles. The van der Waals surface area contributed by atoms with Crippen molar-refractivity contribution in [2.75, 3.05) is 13.8 Å². The molecule has 144 valence electrons. The van der Waals surface area contributed by atoms with Gasteiger partial charge in [-0.1, -0.05) is 0 Å². The molecule has 1 fully saturated rings. The van der Waals surface area contributed by atoms with Gasteiger partial charge in [-0.2, -0.15) is 5.10 Å². The van der Waals surface area contributed by atoms with Gasteiger partial charge in [-0.3, -0.25) is 24.3 Å². The standard InChI is InChI=1S/C13H19N4O8P/c1-14-15-7-24-10-8(4-6-26(20,21)22)25-12(11(10)23-2)17-5-3-9(18)16-13(17)19/h3-6,8,10-12,15H,1,7H2,2H3,(H,16,18,19)(H2,20,21,22)/b6-4+/t8-,10?,11?,12-/m1/s1. The lowest BCUT2D eigenvalue weighted by Crippen LogP contribution is -2.40. The van der Waals surface area contributed by atoms with Gasteiger partial charge in [-0.25, -0.2) is 4.79 Å². The summed E-state index contributed by atoms with van der Waals surface area (Å²) in [6, 6.07) is 1.13. The first-order valence-electron chi connectivity index (χ1n) is 7.31. The van der Waals surface area contributed by atoms with Crippen LogP contribution in [0.25, 0.3) is 0 Å². The number of aromatic amines is 1. The molecule has 12 nitrogen and oxygen atoms in total. The van der Waals surface area contributed by atoms with E-state index in [4.69, 9.17) is 24.0 Å². The summed E-state index contributed by atoms with van der Waals surface area (Å²) in [7, 11) is -3.07. The second-order valence-electron chi connectivity index (χ2n) is 5.23. The van der Waals surface area contributed by atoms with E-state index in [0.29, 0.717) is 5.82 Å². The first-order valence-corrected chi connectivity index (χ1v) is 8.99. The van der Waals surface area contributed by atoms with Crippen LogP contribution in [0.4, 0.5) is 0 Å². The van der Waals surface area contributed by atoms with Gasteiger partial charge in [0.05, 0.1) is 0 Å². The highest BCUT2D eigenvalue weighted by atomic mass is 31.2. The highest BCUT2D eigenvalue weighted by Gasteiger charge is 2.46. The van der Waals surface area contributed by atoms with Crippen LogP contribution in [0, 0.1) is 0 Å². The van der Waals surface area contributed by atoms with Crippen molar-refractivity contribution < 1.29 is 28.6 Å². The van der Waals surface area contributed by atoms with Gasteiger partial charge in [0.2, 0.25) is 0 Å². The van der Waals surface area contributed by atoms with Gasteiger partial charge in [0, 0.05) is 31.9 Å². The molecule has 2 unspecified atom stereocenters. The van der Waals surface area contributed by atoms with Crippen molar-refractivity contribution in [3.63, 3.8) is 0 Å². The first-order chi connectivity index (χ1) is 12.3. The minimum atomic E-state index is -4.43. The van der Waals surface area contributed by atoms with Crippen molar-refractivity contribution in [2.45, 2.75) is 24.5 Å². The lowest BCUT2D eigenvalue weighted by atomic mass is 10.1. The van der Waals surface area contributed by atoms with E-state index in [1.165, 1.54) is 13.3 Å². The van der Waals surface area contributed by atoms with E-state index >= 15 is 0 Å². The summed E-state index contributed by atoms with van der Waals surface area (Å²) in [5, 5.41) is 3.41. The summed E-state index contributed by atoms with van der Waals surface area (Å²) in [5.41, 5.74) is 1.17. The summed E-state index contributed by atoms with van der Waals surface area (Å²) >= 11 is 0. The maximum absolute atomic E-state index is 12.0. The summed E-state index contributed by atoms with van der Waals surface area (Å²) in [4.78, 5) is 43.4. The van der Waals surface area contributed by atoms with Gasteiger partial charge in [-0.15, -0.1) is 0 Å². The number of nitrogens with one attached hydrogen (secondary N) is 2. The van der Waals surface area contributed by atoms with E-state index in [1.807, 2.05) is 0 Å². The molecule has 0 radical (unpaired) electrons. The van der Waals surface area contributed by atoms with Crippen LogP contribution in [0.5, 0.6) is 0 Å². The molecule has 0 bridgehead atoms. The summed E-state index contributed by atoms with van der Waals surface area (Å²) in [6.07, 6.45) is -1.23. The molecule has 1 aromatic heterocycles. The quantitative estimate of drug-likeness (QED) is 0.139. The maximum Gasteiger partial charge on any atom is 0.348 e. The van der Waals surface area contributed by atoms with Gasteiger partial charge in [0.1, 0.15) is 25.0 Å². The summed E-state index contributed by atoms with van der Waals surface area (Å²) in [6.45, 7) is 3.16. The molecule has 26 heavy (non-hydrogen) atoms. The molecule has 0 spiro atoms. The Kier molecular flexibility index (Phi) is 6.64. The smallest absolute Gasteiger partial charge is 0.348 e. The van der Waals surface area contributed by atoms with E-state index in [2.05, 4.69) is 22.2 Å². The summed E-state index contributed by atoms with van der Waals surface area (Å²) < 4.78 is 28.8. The van der Waals surface area contributed by atoms with Crippen molar-refractivity contribution in [1.29, 1.82) is 0 Å². The lowest BCUT2D eigenvalue weighted by Gasteiger charge is -2.23. The lowest BCUT2D eigenvalue weighted by molar-refractivity contribution is -0.0641. The zero-order valence-corrected chi connectivity index (χ0v) is 14.6. The van der Waals surface area contributed by atoms with E-state index in [-0.39, 0.29) is 6.73 Å². The van der Waals surface area contributed by atoms with Crippen molar-refractivity contribution >= 4 is 14.3 Å². The molecule has 2 rings (SSSR count). The van der Waals surface area contributed by atoms with E-state index in [0.717, 1.165) is 16.7 Å². The monoisotopic (exact) mass is 390 g/mol. The third-order valence-corrected chi connectivity index (χ3v) is 4.11. The Morgan fingerprint density at radius 1 is 1.50 bits per heavy atom. The number of hydrogen-bond acceptors (Lipinski definition) is 8. The van der Waals surface area contributed by atoms with Crippen LogP contribution < -0.4 is 16.7 Å². The third kappa shape index (κ3) is 4.97. The number of H-pyrrole nitrogens is 1. The van der Waals surface area contributed by atoms with Gasteiger partial charge < -0.3 is 24.0 Å². The molecule has 4 N–H and O–H groups in total. The van der Waals surface area contributed by atoms with Crippen LogP contribution in [-0.4, -0.2) is 58.2 Å². The summed E-state index contributed by atoms with van der Waals surface area (Å²) in [5.74, 6) is 0.679. The Morgan fingerprint density at radius 2 is 2.23 bits per heavy atom. The van der Waals surface area contributed by atoms with Crippen LogP contribution in [0.15, 0.2) is 38.8 Å². The molecule has 4 atom stereocenters. The predicted molar refractivity (Wildman–Crippen MR) is 89.6 cm³/mol. The molecule has 0 saturated carbocycles.